The highest BCUT2D eigenvalue weighted by atomic mass is 35.5. The Morgan fingerprint density at radius 3 is 2.34 bits per heavy atom. The van der Waals surface area contributed by atoms with Gasteiger partial charge >= 0.3 is 0 Å². The van der Waals surface area contributed by atoms with Crippen LogP contribution in [0, 0.1) is 6.92 Å². The Hall–Kier alpha value is -2.67. The predicted molar refractivity (Wildman–Crippen MR) is 124 cm³/mol. The van der Waals surface area contributed by atoms with Gasteiger partial charge < -0.3 is 14.7 Å². The third-order valence-corrected chi connectivity index (χ3v) is 6.28. The summed E-state index contributed by atoms with van der Waals surface area (Å²) in [7, 11) is 0. The van der Waals surface area contributed by atoms with Gasteiger partial charge in [0.15, 0.2) is 0 Å². The van der Waals surface area contributed by atoms with E-state index in [9.17, 15) is 14.7 Å². The molecule has 0 spiro atoms. The molecule has 2 aliphatic heterocycles. The minimum atomic E-state index is -0.658. The maximum absolute atomic E-state index is 13.1. The molecule has 168 valence electrons. The maximum atomic E-state index is 13.1. The highest BCUT2D eigenvalue weighted by Gasteiger charge is 2.45. The van der Waals surface area contributed by atoms with Crippen LogP contribution < -0.4 is 0 Å². The van der Waals surface area contributed by atoms with Crippen molar-refractivity contribution in [3.63, 3.8) is 0 Å². The number of benzene rings is 2. The van der Waals surface area contributed by atoms with Gasteiger partial charge in [-0.3, -0.25) is 14.5 Å². The summed E-state index contributed by atoms with van der Waals surface area (Å²) < 4.78 is 5.39. The maximum Gasteiger partial charge on any atom is 0.295 e. The van der Waals surface area contributed by atoms with Crippen LogP contribution in [0.4, 0.5) is 0 Å². The fourth-order valence-electron chi connectivity index (χ4n) is 4.26. The van der Waals surface area contributed by atoms with Crippen LogP contribution in [0.1, 0.15) is 29.2 Å². The zero-order chi connectivity index (χ0) is 22.7. The van der Waals surface area contributed by atoms with E-state index in [0.29, 0.717) is 17.1 Å². The zero-order valence-electron chi connectivity index (χ0n) is 18.1. The number of ketones is 1. The van der Waals surface area contributed by atoms with Gasteiger partial charge in [0.2, 0.25) is 0 Å². The van der Waals surface area contributed by atoms with Gasteiger partial charge in [0, 0.05) is 36.8 Å². The smallest absolute Gasteiger partial charge is 0.295 e. The first-order chi connectivity index (χ1) is 15.5. The number of aliphatic hydroxyl groups excluding tert-OH is 1. The Morgan fingerprint density at radius 1 is 1.03 bits per heavy atom. The predicted octanol–water partition coefficient (Wildman–Crippen LogP) is 3.79. The van der Waals surface area contributed by atoms with Crippen LogP contribution in [0.15, 0.2) is 54.1 Å². The number of hydrogen-bond donors (Lipinski definition) is 1. The molecule has 2 aliphatic rings. The first-order valence-electron chi connectivity index (χ1n) is 10.9. The SMILES string of the molecule is Cc1ccc([C@H]2C(=C(O)c3ccc(Cl)cc3)C(=O)C(=O)N2CCCN2CCOCC2)cc1. The van der Waals surface area contributed by atoms with E-state index in [0.717, 1.165) is 50.4 Å². The van der Waals surface area contributed by atoms with Gasteiger partial charge in [-0.15, -0.1) is 0 Å². The summed E-state index contributed by atoms with van der Waals surface area (Å²) in [6.07, 6.45) is 0.733. The molecular weight excluding hydrogens is 428 g/mol. The highest BCUT2D eigenvalue weighted by molar-refractivity contribution is 6.46. The average Bonchev–Trinajstić information content (AvgIpc) is 3.05. The molecule has 4 rings (SSSR count). The highest BCUT2D eigenvalue weighted by Crippen LogP contribution is 2.39. The number of morpholine rings is 1. The molecule has 0 aliphatic carbocycles. The lowest BCUT2D eigenvalue weighted by Crippen LogP contribution is -2.38. The van der Waals surface area contributed by atoms with E-state index >= 15 is 0 Å². The standard InChI is InChI=1S/C25H27ClN2O4/c1-17-3-5-18(6-4-17)22-21(23(29)19-7-9-20(26)10-8-19)24(30)25(31)28(22)12-2-11-27-13-15-32-16-14-27/h3-10,22,29H,2,11-16H2,1H3/t22-/m0/s1. The molecule has 2 aromatic carbocycles. The van der Waals surface area contributed by atoms with Crippen LogP contribution in [0.2, 0.25) is 5.02 Å². The number of Topliss-reactive ketones (excluding diaryl/α,β-unsaturated/α-hetero) is 1. The summed E-state index contributed by atoms with van der Waals surface area (Å²) in [4.78, 5) is 30.0. The van der Waals surface area contributed by atoms with Crippen molar-refractivity contribution in [3.05, 3.63) is 75.8 Å². The molecule has 2 aromatic rings. The molecule has 0 bridgehead atoms. The monoisotopic (exact) mass is 454 g/mol. The van der Waals surface area contributed by atoms with Gasteiger partial charge in [-0.05, 0) is 43.2 Å². The van der Waals surface area contributed by atoms with E-state index in [2.05, 4.69) is 4.90 Å². The number of aryl methyl sites for hydroxylation is 1. The van der Waals surface area contributed by atoms with Crippen molar-refractivity contribution < 1.29 is 19.4 Å². The Bertz CT molecular complexity index is 1010. The lowest BCUT2D eigenvalue weighted by atomic mass is 9.94. The summed E-state index contributed by atoms with van der Waals surface area (Å²) in [5, 5.41) is 11.6. The van der Waals surface area contributed by atoms with E-state index in [4.69, 9.17) is 16.3 Å². The van der Waals surface area contributed by atoms with Crippen molar-refractivity contribution in [1.82, 2.24) is 9.80 Å². The quantitative estimate of drug-likeness (QED) is 0.408. The molecular formula is C25H27ClN2O4. The first-order valence-corrected chi connectivity index (χ1v) is 11.2. The second kappa shape index (κ2) is 9.86. The minimum absolute atomic E-state index is 0.118. The van der Waals surface area contributed by atoms with E-state index in [1.807, 2.05) is 31.2 Å². The Labute approximate surface area is 193 Å². The van der Waals surface area contributed by atoms with Gasteiger partial charge in [-0.1, -0.05) is 41.4 Å². The lowest BCUT2D eigenvalue weighted by Gasteiger charge is -2.29. The number of nitrogens with zero attached hydrogens (tertiary/aromatic N) is 2. The first kappa shape index (κ1) is 22.5. The van der Waals surface area contributed by atoms with E-state index < -0.39 is 17.7 Å². The number of aliphatic hydroxyl groups is 1. The topological polar surface area (TPSA) is 70.1 Å². The van der Waals surface area contributed by atoms with Crippen molar-refractivity contribution in [3.8, 4) is 0 Å². The minimum Gasteiger partial charge on any atom is -0.507 e. The molecule has 6 nitrogen and oxygen atoms in total. The van der Waals surface area contributed by atoms with Gasteiger partial charge in [0.25, 0.3) is 11.7 Å². The molecule has 1 atom stereocenters. The Kier molecular flexibility index (Phi) is 6.94. The second-order valence-electron chi connectivity index (χ2n) is 8.22. The molecule has 2 fully saturated rings. The van der Waals surface area contributed by atoms with Crippen LogP contribution >= 0.6 is 11.6 Å². The summed E-state index contributed by atoms with van der Waals surface area (Å²) in [5.74, 6) is -1.41. The summed E-state index contributed by atoms with van der Waals surface area (Å²) in [6.45, 7) is 6.41. The van der Waals surface area contributed by atoms with Crippen LogP contribution in [0.5, 0.6) is 0 Å². The lowest BCUT2D eigenvalue weighted by molar-refractivity contribution is -0.140. The van der Waals surface area contributed by atoms with E-state index in [1.54, 1.807) is 29.2 Å². The number of halogens is 1. The molecule has 7 heteroatoms. The number of carbonyl (C=O) groups is 2. The third kappa shape index (κ3) is 4.72. The fourth-order valence-corrected chi connectivity index (χ4v) is 4.38. The van der Waals surface area contributed by atoms with Crippen molar-refractivity contribution >= 4 is 29.1 Å². The number of likely N-dealkylation sites (tertiary alicyclic amines) is 1. The second-order valence-corrected chi connectivity index (χ2v) is 8.65. The van der Waals surface area contributed by atoms with Crippen LogP contribution in [-0.2, 0) is 14.3 Å². The number of hydrogen-bond acceptors (Lipinski definition) is 5. The van der Waals surface area contributed by atoms with Gasteiger partial charge in [0.1, 0.15) is 5.76 Å². The normalized spacial score (nSPS) is 21.3. The summed E-state index contributed by atoms with van der Waals surface area (Å²) in [5.41, 5.74) is 2.46. The van der Waals surface area contributed by atoms with Crippen LogP contribution in [-0.4, -0.2) is 66.0 Å². The zero-order valence-corrected chi connectivity index (χ0v) is 18.8. The summed E-state index contributed by atoms with van der Waals surface area (Å²) in [6, 6.07) is 13.7. The number of amides is 1. The fraction of sp³-hybridized carbons (Fsp3) is 0.360. The van der Waals surface area contributed by atoms with E-state index in [-0.39, 0.29) is 11.3 Å². The molecule has 2 heterocycles. The molecule has 0 radical (unpaired) electrons. The molecule has 0 unspecified atom stereocenters. The largest absolute Gasteiger partial charge is 0.507 e. The summed E-state index contributed by atoms with van der Waals surface area (Å²) >= 11 is 5.97. The van der Waals surface area contributed by atoms with Crippen LogP contribution in [0.3, 0.4) is 0 Å². The van der Waals surface area contributed by atoms with Gasteiger partial charge in [-0.25, -0.2) is 0 Å². The Balaban J connectivity index is 1.66. The van der Waals surface area contributed by atoms with Crippen molar-refractivity contribution in [2.24, 2.45) is 0 Å². The molecule has 1 N–H and O–H groups in total. The number of ether oxygens (including phenoxy) is 1. The molecule has 32 heavy (non-hydrogen) atoms. The van der Waals surface area contributed by atoms with Crippen molar-refractivity contribution in [2.75, 3.05) is 39.4 Å². The van der Waals surface area contributed by atoms with Crippen molar-refractivity contribution in [2.45, 2.75) is 19.4 Å². The Morgan fingerprint density at radius 2 is 1.69 bits per heavy atom. The molecule has 1 amide bonds. The number of rotatable bonds is 6. The molecule has 2 saturated heterocycles. The molecule has 0 saturated carbocycles. The number of carbonyl (C=O) groups excluding carboxylic acids is 2. The van der Waals surface area contributed by atoms with Crippen molar-refractivity contribution in [1.29, 1.82) is 0 Å². The van der Waals surface area contributed by atoms with Gasteiger partial charge in [-0.2, -0.15) is 0 Å². The van der Waals surface area contributed by atoms with Crippen LogP contribution in [0.25, 0.3) is 5.76 Å². The van der Waals surface area contributed by atoms with Gasteiger partial charge in [0.05, 0.1) is 24.8 Å². The van der Waals surface area contributed by atoms with E-state index in [1.165, 1.54) is 0 Å². The molecule has 0 aromatic heterocycles. The average molecular weight is 455 g/mol. The third-order valence-electron chi connectivity index (χ3n) is 6.03.